The van der Waals surface area contributed by atoms with Gasteiger partial charge in [0.15, 0.2) is 0 Å². The van der Waals surface area contributed by atoms with Crippen LogP contribution in [0.5, 0.6) is 0 Å². The van der Waals surface area contributed by atoms with Crippen LogP contribution in [0.25, 0.3) is 10.4 Å². The van der Waals surface area contributed by atoms with Crippen molar-refractivity contribution < 1.29 is 10.2 Å². The Hall–Kier alpha value is -0.810. The lowest BCUT2D eigenvalue weighted by atomic mass is 9.83. The molecule has 1 fully saturated rings. The molecule has 0 spiro atoms. The molecule has 0 aromatic rings. The zero-order chi connectivity index (χ0) is 12.7. The quantitative estimate of drug-likeness (QED) is 0.370. The average molecular weight is 242 g/mol. The Labute approximate surface area is 101 Å². The second-order valence-electron chi connectivity index (χ2n) is 4.87. The van der Waals surface area contributed by atoms with E-state index >= 15 is 0 Å². The fraction of sp³-hybridized carbons (Fsp3) is 1.00. The standard InChI is InChI=1S/C11H22N4O2/c12-9(6-8-4-2-1-3-5-8)11(17)10(16)7-14-15-13/h8-11,16-17H,1-7,12H2. The zero-order valence-electron chi connectivity index (χ0n) is 10.1. The van der Waals surface area contributed by atoms with E-state index in [1.807, 2.05) is 0 Å². The second kappa shape index (κ2) is 7.50. The van der Waals surface area contributed by atoms with Gasteiger partial charge < -0.3 is 15.9 Å². The fourth-order valence-electron chi connectivity index (χ4n) is 2.46. The summed E-state index contributed by atoms with van der Waals surface area (Å²) in [5.74, 6) is 0.556. The summed E-state index contributed by atoms with van der Waals surface area (Å²) in [6.07, 6.45) is 4.72. The number of hydrogen-bond donors (Lipinski definition) is 3. The largest absolute Gasteiger partial charge is 0.390 e. The minimum Gasteiger partial charge on any atom is -0.390 e. The maximum absolute atomic E-state index is 9.79. The highest BCUT2D eigenvalue weighted by Crippen LogP contribution is 2.27. The maximum atomic E-state index is 9.79. The van der Waals surface area contributed by atoms with Gasteiger partial charge in [0, 0.05) is 11.0 Å². The Balaban J connectivity index is 2.33. The van der Waals surface area contributed by atoms with Crippen molar-refractivity contribution in [2.24, 2.45) is 16.8 Å². The summed E-state index contributed by atoms with van der Waals surface area (Å²) in [7, 11) is 0. The molecule has 1 saturated carbocycles. The van der Waals surface area contributed by atoms with E-state index in [0.717, 1.165) is 19.3 Å². The maximum Gasteiger partial charge on any atom is 0.0950 e. The molecule has 0 heterocycles. The number of nitrogens with two attached hydrogens (primary N) is 1. The molecule has 6 heteroatoms. The van der Waals surface area contributed by atoms with Crippen molar-refractivity contribution in [1.82, 2.24) is 0 Å². The Morgan fingerprint density at radius 2 is 1.94 bits per heavy atom. The minimum atomic E-state index is -1.07. The number of azide groups is 1. The monoisotopic (exact) mass is 242 g/mol. The van der Waals surface area contributed by atoms with Crippen molar-refractivity contribution in [3.8, 4) is 0 Å². The van der Waals surface area contributed by atoms with Gasteiger partial charge in [0.25, 0.3) is 0 Å². The van der Waals surface area contributed by atoms with Crippen molar-refractivity contribution in [3.63, 3.8) is 0 Å². The van der Waals surface area contributed by atoms with Gasteiger partial charge in [0.05, 0.1) is 18.8 Å². The SMILES string of the molecule is [N-]=[N+]=NCC(O)C(O)C(N)CC1CCCCC1. The van der Waals surface area contributed by atoms with E-state index in [1.54, 1.807) is 0 Å². The molecule has 1 aliphatic rings. The molecule has 4 N–H and O–H groups in total. The van der Waals surface area contributed by atoms with E-state index in [4.69, 9.17) is 11.3 Å². The Morgan fingerprint density at radius 3 is 2.53 bits per heavy atom. The Kier molecular flexibility index (Phi) is 6.29. The first-order valence-corrected chi connectivity index (χ1v) is 6.27. The van der Waals surface area contributed by atoms with Gasteiger partial charge in [-0.3, -0.25) is 0 Å². The lowest BCUT2D eigenvalue weighted by molar-refractivity contribution is 0.00382. The van der Waals surface area contributed by atoms with E-state index in [-0.39, 0.29) is 6.54 Å². The van der Waals surface area contributed by atoms with Crippen LogP contribution in [0.2, 0.25) is 0 Å². The molecule has 0 aromatic heterocycles. The number of aliphatic hydroxyl groups excluding tert-OH is 2. The summed E-state index contributed by atoms with van der Waals surface area (Å²) in [4.78, 5) is 2.55. The molecular formula is C11H22N4O2. The molecule has 0 aromatic carbocycles. The normalized spacial score (nSPS) is 22.5. The van der Waals surface area contributed by atoms with Crippen LogP contribution >= 0.6 is 0 Å². The summed E-state index contributed by atoms with van der Waals surface area (Å²) in [6, 6.07) is -0.443. The van der Waals surface area contributed by atoms with Gasteiger partial charge >= 0.3 is 0 Å². The van der Waals surface area contributed by atoms with Crippen molar-refractivity contribution in [1.29, 1.82) is 0 Å². The summed E-state index contributed by atoms with van der Waals surface area (Å²) in [5, 5.41) is 22.6. The molecular weight excluding hydrogens is 220 g/mol. The molecule has 0 amide bonds. The van der Waals surface area contributed by atoms with Crippen LogP contribution in [0, 0.1) is 5.92 Å². The van der Waals surface area contributed by atoms with Crippen LogP contribution < -0.4 is 5.73 Å². The summed E-state index contributed by atoms with van der Waals surface area (Å²) < 4.78 is 0. The van der Waals surface area contributed by atoms with E-state index in [1.165, 1.54) is 19.3 Å². The minimum absolute atomic E-state index is 0.129. The topological polar surface area (TPSA) is 115 Å². The van der Waals surface area contributed by atoms with E-state index in [2.05, 4.69) is 10.0 Å². The van der Waals surface area contributed by atoms with Crippen LogP contribution in [0.3, 0.4) is 0 Å². The third-order valence-electron chi connectivity index (χ3n) is 3.50. The van der Waals surface area contributed by atoms with Crippen LogP contribution in [-0.4, -0.2) is 35.0 Å². The number of rotatable bonds is 6. The van der Waals surface area contributed by atoms with Crippen LogP contribution in [0.4, 0.5) is 0 Å². The highest BCUT2D eigenvalue weighted by Gasteiger charge is 2.26. The smallest absolute Gasteiger partial charge is 0.0950 e. The van der Waals surface area contributed by atoms with Crippen molar-refractivity contribution >= 4 is 0 Å². The van der Waals surface area contributed by atoms with Crippen LogP contribution in [-0.2, 0) is 0 Å². The molecule has 3 atom stereocenters. The molecule has 3 unspecified atom stereocenters. The predicted molar refractivity (Wildman–Crippen MR) is 65.2 cm³/mol. The van der Waals surface area contributed by atoms with Gasteiger partial charge in [0.2, 0.25) is 0 Å². The van der Waals surface area contributed by atoms with Gasteiger partial charge in [-0.05, 0) is 17.9 Å². The highest BCUT2D eigenvalue weighted by atomic mass is 16.3. The molecule has 0 radical (unpaired) electrons. The fourth-order valence-corrected chi connectivity index (χ4v) is 2.46. The van der Waals surface area contributed by atoms with Gasteiger partial charge in [-0.2, -0.15) is 0 Å². The summed E-state index contributed by atoms with van der Waals surface area (Å²) in [5.41, 5.74) is 14.0. The Bertz CT molecular complexity index is 262. The van der Waals surface area contributed by atoms with Crippen LogP contribution in [0.15, 0.2) is 5.11 Å². The summed E-state index contributed by atoms with van der Waals surface area (Å²) in [6.45, 7) is -0.129. The molecule has 0 aliphatic heterocycles. The number of hydrogen-bond acceptors (Lipinski definition) is 4. The second-order valence-corrected chi connectivity index (χ2v) is 4.87. The number of nitrogens with zero attached hydrogens (tertiary/aromatic N) is 3. The van der Waals surface area contributed by atoms with Crippen molar-refractivity contribution in [3.05, 3.63) is 10.4 Å². The van der Waals surface area contributed by atoms with Crippen molar-refractivity contribution in [2.75, 3.05) is 6.54 Å². The predicted octanol–water partition coefficient (Wildman–Crippen LogP) is 1.32. The summed E-state index contributed by atoms with van der Waals surface area (Å²) >= 11 is 0. The molecule has 6 nitrogen and oxygen atoms in total. The van der Waals surface area contributed by atoms with Gasteiger partial charge in [-0.15, -0.1) is 0 Å². The first-order chi connectivity index (χ1) is 8.15. The van der Waals surface area contributed by atoms with Crippen molar-refractivity contribution in [2.45, 2.75) is 56.8 Å². The third kappa shape index (κ3) is 4.91. The first kappa shape index (κ1) is 14.3. The number of aliphatic hydroxyl groups is 2. The van der Waals surface area contributed by atoms with Gasteiger partial charge in [-0.25, -0.2) is 0 Å². The van der Waals surface area contributed by atoms with Gasteiger partial charge in [-0.1, -0.05) is 37.2 Å². The first-order valence-electron chi connectivity index (χ1n) is 6.27. The zero-order valence-corrected chi connectivity index (χ0v) is 10.1. The average Bonchev–Trinajstić information content (AvgIpc) is 2.36. The molecule has 1 aliphatic carbocycles. The third-order valence-corrected chi connectivity index (χ3v) is 3.50. The molecule has 1 rings (SSSR count). The Morgan fingerprint density at radius 1 is 1.29 bits per heavy atom. The molecule has 0 bridgehead atoms. The van der Waals surface area contributed by atoms with E-state index in [9.17, 15) is 10.2 Å². The lowest BCUT2D eigenvalue weighted by Crippen LogP contribution is -2.45. The lowest BCUT2D eigenvalue weighted by Gasteiger charge is -2.28. The van der Waals surface area contributed by atoms with E-state index in [0.29, 0.717) is 5.92 Å². The van der Waals surface area contributed by atoms with E-state index < -0.39 is 18.2 Å². The molecule has 17 heavy (non-hydrogen) atoms. The highest BCUT2D eigenvalue weighted by molar-refractivity contribution is 4.83. The van der Waals surface area contributed by atoms with Gasteiger partial charge in [0.1, 0.15) is 0 Å². The molecule has 0 saturated heterocycles. The van der Waals surface area contributed by atoms with Crippen LogP contribution in [0.1, 0.15) is 38.5 Å². The molecule has 98 valence electrons.